The molecule has 1 aromatic heterocycles. The summed E-state index contributed by atoms with van der Waals surface area (Å²) in [5.74, 6) is 1.97. The molecule has 1 aromatic rings. The number of anilines is 1. The SMILES string of the molecule is CC(C)c1nc(Cl)cc(N(C)C(C)C)n1. The van der Waals surface area contributed by atoms with E-state index in [-0.39, 0.29) is 0 Å². The highest BCUT2D eigenvalue weighted by Crippen LogP contribution is 2.20. The molecular formula is C11H18ClN3. The lowest BCUT2D eigenvalue weighted by Crippen LogP contribution is -2.27. The molecule has 0 saturated heterocycles. The van der Waals surface area contributed by atoms with Crippen LogP contribution in [0.15, 0.2) is 6.07 Å². The van der Waals surface area contributed by atoms with Crippen molar-refractivity contribution >= 4 is 17.4 Å². The molecule has 1 rings (SSSR count). The zero-order chi connectivity index (χ0) is 11.6. The fourth-order valence-corrected chi connectivity index (χ4v) is 1.31. The Morgan fingerprint density at radius 1 is 1.20 bits per heavy atom. The van der Waals surface area contributed by atoms with Gasteiger partial charge in [-0.1, -0.05) is 25.4 Å². The highest BCUT2D eigenvalue weighted by atomic mass is 35.5. The minimum Gasteiger partial charge on any atom is -0.357 e. The summed E-state index contributed by atoms with van der Waals surface area (Å²) in [4.78, 5) is 10.8. The van der Waals surface area contributed by atoms with Crippen molar-refractivity contribution in [1.82, 2.24) is 9.97 Å². The van der Waals surface area contributed by atoms with E-state index in [1.54, 1.807) is 6.07 Å². The van der Waals surface area contributed by atoms with Crippen molar-refractivity contribution in [1.29, 1.82) is 0 Å². The molecule has 0 aromatic carbocycles. The molecular weight excluding hydrogens is 210 g/mol. The summed E-state index contributed by atoms with van der Waals surface area (Å²) in [6.45, 7) is 8.35. The van der Waals surface area contributed by atoms with Crippen LogP contribution in [0, 0.1) is 0 Å². The lowest BCUT2D eigenvalue weighted by atomic mass is 10.2. The Balaban J connectivity index is 3.09. The number of aromatic nitrogens is 2. The molecule has 84 valence electrons. The molecule has 0 aliphatic carbocycles. The van der Waals surface area contributed by atoms with Crippen LogP contribution in [0.4, 0.5) is 5.82 Å². The van der Waals surface area contributed by atoms with Crippen LogP contribution < -0.4 is 4.90 Å². The molecule has 0 N–H and O–H groups in total. The average Bonchev–Trinajstić information content (AvgIpc) is 2.15. The number of nitrogens with zero attached hydrogens (tertiary/aromatic N) is 3. The van der Waals surface area contributed by atoms with Crippen molar-refractivity contribution in [3.63, 3.8) is 0 Å². The quantitative estimate of drug-likeness (QED) is 0.744. The van der Waals surface area contributed by atoms with Gasteiger partial charge in [-0.2, -0.15) is 0 Å². The lowest BCUT2D eigenvalue weighted by molar-refractivity contribution is 0.719. The van der Waals surface area contributed by atoms with Gasteiger partial charge in [0.2, 0.25) is 0 Å². The third-order valence-electron chi connectivity index (χ3n) is 2.35. The van der Waals surface area contributed by atoms with Gasteiger partial charge in [-0.05, 0) is 13.8 Å². The van der Waals surface area contributed by atoms with E-state index in [9.17, 15) is 0 Å². The Hall–Kier alpha value is -0.830. The highest BCUT2D eigenvalue weighted by Gasteiger charge is 2.11. The van der Waals surface area contributed by atoms with Crippen LogP contribution in [-0.2, 0) is 0 Å². The van der Waals surface area contributed by atoms with Gasteiger partial charge in [0.05, 0.1) is 0 Å². The van der Waals surface area contributed by atoms with E-state index in [0.717, 1.165) is 11.6 Å². The maximum atomic E-state index is 5.97. The van der Waals surface area contributed by atoms with E-state index >= 15 is 0 Å². The normalized spacial score (nSPS) is 11.2. The molecule has 0 unspecified atom stereocenters. The average molecular weight is 228 g/mol. The number of halogens is 1. The van der Waals surface area contributed by atoms with Gasteiger partial charge < -0.3 is 4.90 Å². The first kappa shape index (κ1) is 12.2. The molecule has 15 heavy (non-hydrogen) atoms. The zero-order valence-corrected chi connectivity index (χ0v) is 10.7. The van der Waals surface area contributed by atoms with Gasteiger partial charge in [0.25, 0.3) is 0 Å². The molecule has 0 saturated carbocycles. The van der Waals surface area contributed by atoms with Crippen molar-refractivity contribution in [2.24, 2.45) is 0 Å². The fraction of sp³-hybridized carbons (Fsp3) is 0.636. The summed E-state index contributed by atoms with van der Waals surface area (Å²) >= 11 is 5.97. The first-order valence-corrected chi connectivity index (χ1v) is 5.57. The van der Waals surface area contributed by atoms with Crippen LogP contribution in [0.5, 0.6) is 0 Å². The first-order valence-electron chi connectivity index (χ1n) is 5.19. The van der Waals surface area contributed by atoms with Crippen LogP contribution in [-0.4, -0.2) is 23.1 Å². The van der Waals surface area contributed by atoms with Crippen LogP contribution in [0.3, 0.4) is 0 Å². The maximum absolute atomic E-state index is 5.97. The molecule has 0 fully saturated rings. The van der Waals surface area contributed by atoms with Crippen molar-refractivity contribution < 1.29 is 0 Å². The van der Waals surface area contributed by atoms with E-state index in [2.05, 4.69) is 42.6 Å². The number of rotatable bonds is 3. The molecule has 0 aliphatic heterocycles. The molecule has 0 aliphatic rings. The minimum absolute atomic E-state index is 0.294. The predicted molar refractivity (Wildman–Crippen MR) is 64.7 cm³/mol. The standard InChI is InChI=1S/C11H18ClN3/c1-7(2)11-13-9(12)6-10(14-11)15(5)8(3)4/h6-8H,1-5H3. The monoisotopic (exact) mass is 227 g/mol. The lowest BCUT2D eigenvalue weighted by Gasteiger charge is -2.23. The van der Waals surface area contributed by atoms with E-state index in [1.807, 2.05) is 7.05 Å². The van der Waals surface area contributed by atoms with Gasteiger partial charge in [-0.25, -0.2) is 9.97 Å². The molecule has 4 heteroatoms. The second kappa shape index (κ2) is 4.79. The summed E-state index contributed by atoms with van der Waals surface area (Å²) in [7, 11) is 2.01. The number of hydrogen-bond acceptors (Lipinski definition) is 3. The van der Waals surface area contributed by atoms with Gasteiger partial charge >= 0.3 is 0 Å². The van der Waals surface area contributed by atoms with Crippen LogP contribution >= 0.6 is 11.6 Å². The Morgan fingerprint density at radius 2 is 1.80 bits per heavy atom. The third-order valence-corrected chi connectivity index (χ3v) is 2.54. The topological polar surface area (TPSA) is 29.0 Å². The Morgan fingerprint density at radius 3 is 2.27 bits per heavy atom. The minimum atomic E-state index is 0.294. The van der Waals surface area contributed by atoms with Crippen LogP contribution in [0.1, 0.15) is 39.4 Å². The molecule has 0 bridgehead atoms. The van der Waals surface area contributed by atoms with Crippen molar-refractivity contribution in [2.45, 2.75) is 39.7 Å². The Kier molecular flexibility index (Phi) is 3.91. The molecule has 3 nitrogen and oxygen atoms in total. The number of hydrogen-bond donors (Lipinski definition) is 0. The largest absolute Gasteiger partial charge is 0.357 e. The molecule has 1 heterocycles. The van der Waals surface area contributed by atoms with E-state index in [0.29, 0.717) is 17.1 Å². The van der Waals surface area contributed by atoms with Crippen molar-refractivity contribution in [3.05, 3.63) is 17.0 Å². The Bertz CT molecular complexity index is 337. The molecule has 0 atom stereocenters. The highest BCUT2D eigenvalue weighted by molar-refractivity contribution is 6.29. The van der Waals surface area contributed by atoms with Gasteiger partial charge in [0.1, 0.15) is 16.8 Å². The first-order chi connectivity index (χ1) is 6.91. The van der Waals surface area contributed by atoms with Gasteiger partial charge in [-0.3, -0.25) is 0 Å². The summed E-state index contributed by atoms with van der Waals surface area (Å²) in [5, 5.41) is 0.510. The van der Waals surface area contributed by atoms with Gasteiger partial charge in [0.15, 0.2) is 0 Å². The van der Waals surface area contributed by atoms with E-state index < -0.39 is 0 Å². The predicted octanol–water partition coefficient (Wildman–Crippen LogP) is 3.10. The molecule has 0 amide bonds. The summed E-state index contributed by atoms with van der Waals surface area (Å²) in [6, 6.07) is 2.20. The smallest absolute Gasteiger partial charge is 0.135 e. The fourth-order valence-electron chi connectivity index (χ4n) is 1.13. The van der Waals surface area contributed by atoms with Crippen LogP contribution in [0.2, 0.25) is 5.15 Å². The summed E-state index contributed by atoms with van der Waals surface area (Å²) in [6.07, 6.45) is 0. The van der Waals surface area contributed by atoms with Gasteiger partial charge in [0, 0.05) is 25.1 Å². The van der Waals surface area contributed by atoms with Crippen LogP contribution in [0.25, 0.3) is 0 Å². The third kappa shape index (κ3) is 3.06. The van der Waals surface area contributed by atoms with Gasteiger partial charge in [-0.15, -0.1) is 0 Å². The second-order valence-corrected chi connectivity index (χ2v) is 4.65. The summed E-state index contributed by atoms with van der Waals surface area (Å²) < 4.78 is 0. The molecule has 0 radical (unpaired) electrons. The van der Waals surface area contributed by atoms with E-state index in [1.165, 1.54) is 0 Å². The zero-order valence-electron chi connectivity index (χ0n) is 9.95. The van der Waals surface area contributed by atoms with Crippen molar-refractivity contribution in [3.8, 4) is 0 Å². The Labute approximate surface area is 96.5 Å². The maximum Gasteiger partial charge on any atom is 0.135 e. The molecule has 0 spiro atoms. The summed E-state index contributed by atoms with van der Waals surface area (Å²) in [5.41, 5.74) is 0. The van der Waals surface area contributed by atoms with E-state index in [4.69, 9.17) is 11.6 Å². The van der Waals surface area contributed by atoms with Crippen molar-refractivity contribution in [2.75, 3.05) is 11.9 Å². The second-order valence-electron chi connectivity index (χ2n) is 4.27.